The molecule has 1 atom stereocenters. The molecule has 0 saturated carbocycles. The molecule has 98 valence electrons. The summed E-state index contributed by atoms with van der Waals surface area (Å²) in [5, 5.41) is 14.6. The summed E-state index contributed by atoms with van der Waals surface area (Å²) in [4.78, 5) is 0. The number of hydrogen-bond donors (Lipinski definition) is 1. The van der Waals surface area contributed by atoms with Gasteiger partial charge in [0, 0.05) is 13.5 Å². The van der Waals surface area contributed by atoms with E-state index in [9.17, 15) is 5.11 Å². The second-order valence-electron chi connectivity index (χ2n) is 4.35. The average Bonchev–Trinajstić information content (AvgIpc) is 2.87. The molecule has 2 aromatic rings. The molecule has 0 aliphatic rings. The van der Waals surface area contributed by atoms with Crippen LogP contribution in [0.2, 0.25) is 0 Å². The lowest BCUT2D eigenvalue weighted by molar-refractivity contribution is 0.146. The van der Waals surface area contributed by atoms with E-state index in [1.54, 1.807) is 0 Å². The first-order valence-corrected chi connectivity index (χ1v) is 6.76. The van der Waals surface area contributed by atoms with Crippen molar-refractivity contribution in [1.82, 2.24) is 9.78 Å². The molecule has 2 aromatic heterocycles. The Kier molecular flexibility index (Phi) is 3.92. The Labute approximate surface area is 115 Å². The van der Waals surface area contributed by atoms with E-state index < -0.39 is 6.10 Å². The van der Waals surface area contributed by atoms with Gasteiger partial charge in [-0.3, -0.25) is 4.68 Å². The maximum atomic E-state index is 10.2. The minimum atomic E-state index is -0.643. The number of halogens is 1. The van der Waals surface area contributed by atoms with Crippen molar-refractivity contribution in [2.75, 3.05) is 0 Å². The second-order valence-corrected chi connectivity index (χ2v) is 5.15. The molecule has 18 heavy (non-hydrogen) atoms. The largest absolute Gasteiger partial charge is 0.464 e. The first-order chi connectivity index (χ1) is 8.52. The van der Waals surface area contributed by atoms with Gasteiger partial charge in [-0.2, -0.15) is 5.10 Å². The average molecular weight is 313 g/mol. The van der Waals surface area contributed by atoms with E-state index >= 15 is 0 Å². The zero-order valence-corrected chi connectivity index (χ0v) is 12.4. The van der Waals surface area contributed by atoms with E-state index in [1.807, 2.05) is 30.8 Å². The van der Waals surface area contributed by atoms with Crippen molar-refractivity contribution in [3.63, 3.8) is 0 Å². The summed E-state index contributed by atoms with van der Waals surface area (Å²) in [7, 11) is 1.89. The van der Waals surface area contributed by atoms with Gasteiger partial charge in [0.2, 0.25) is 0 Å². The molecule has 2 rings (SSSR count). The minimum Gasteiger partial charge on any atom is -0.464 e. The minimum absolute atomic E-state index is 0.483. The summed E-state index contributed by atoms with van der Waals surface area (Å²) in [6, 6.07) is 3.67. The van der Waals surface area contributed by atoms with Crippen molar-refractivity contribution in [3.05, 3.63) is 39.5 Å². The lowest BCUT2D eigenvalue weighted by atomic mass is 10.1. The molecule has 1 unspecified atom stereocenters. The van der Waals surface area contributed by atoms with Crippen LogP contribution in [0, 0.1) is 6.92 Å². The highest BCUT2D eigenvalue weighted by molar-refractivity contribution is 9.10. The van der Waals surface area contributed by atoms with Gasteiger partial charge < -0.3 is 9.52 Å². The van der Waals surface area contributed by atoms with Crippen molar-refractivity contribution >= 4 is 15.9 Å². The van der Waals surface area contributed by atoms with Crippen LogP contribution in [0.25, 0.3) is 0 Å². The number of aromatic nitrogens is 2. The van der Waals surface area contributed by atoms with E-state index in [2.05, 4.69) is 28.0 Å². The van der Waals surface area contributed by atoms with Crippen molar-refractivity contribution in [2.24, 2.45) is 7.05 Å². The smallest absolute Gasteiger partial charge is 0.133 e. The fourth-order valence-corrected chi connectivity index (χ4v) is 2.74. The van der Waals surface area contributed by atoms with Crippen LogP contribution in [0.5, 0.6) is 0 Å². The van der Waals surface area contributed by atoms with Crippen LogP contribution in [-0.4, -0.2) is 14.9 Å². The lowest BCUT2D eigenvalue weighted by Gasteiger charge is -2.08. The predicted molar refractivity (Wildman–Crippen MR) is 72.4 cm³/mol. The van der Waals surface area contributed by atoms with E-state index in [0.717, 1.165) is 28.0 Å². The molecule has 0 bridgehead atoms. The summed E-state index contributed by atoms with van der Waals surface area (Å²) in [5.74, 6) is 1.40. The van der Waals surface area contributed by atoms with Gasteiger partial charge in [0.05, 0.1) is 15.9 Å². The van der Waals surface area contributed by atoms with Gasteiger partial charge >= 0.3 is 0 Å². The normalized spacial score (nSPS) is 12.9. The number of nitrogens with zero attached hydrogens (tertiary/aromatic N) is 2. The molecule has 0 saturated heterocycles. The van der Waals surface area contributed by atoms with Gasteiger partial charge in [-0.15, -0.1) is 0 Å². The third-order valence-electron chi connectivity index (χ3n) is 2.98. The summed E-state index contributed by atoms with van der Waals surface area (Å²) >= 11 is 3.54. The Morgan fingerprint density at radius 1 is 1.50 bits per heavy atom. The van der Waals surface area contributed by atoms with Crippen molar-refractivity contribution in [3.8, 4) is 0 Å². The summed E-state index contributed by atoms with van der Waals surface area (Å²) < 4.78 is 8.22. The number of hydrogen-bond acceptors (Lipinski definition) is 3. The van der Waals surface area contributed by atoms with E-state index in [4.69, 9.17) is 4.42 Å². The molecule has 0 aromatic carbocycles. The van der Waals surface area contributed by atoms with E-state index in [0.29, 0.717) is 12.2 Å². The van der Waals surface area contributed by atoms with Gasteiger partial charge in [0.1, 0.15) is 17.6 Å². The number of rotatable bonds is 4. The summed E-state index contributed by atoms with van der Waals surface area (Å²) in [6.07, 6.45) is 0.705. The van der Waals surface area contributed by atoms with Gasteiger partial charge in [0.15, 0.2) is 0 Å². The highest BCUT2D eigenvalue weighted by Crippen LogP contribution is 2.27. The third kappa shape index (κ3) is 2.52. The molecular formula is C13H17BrN2O2. The number of furan rings is 1. The van der Waals surface area contributed by atoms with Crippen molar-refractivity contribution in [2.45, 2.75) is 32.8 Å². The molecule has 0 spiro atoms. The SMILES string of the molecule is CCc1nn(C)c(CC(O)c2ccc(C)o2)c1Br. The van der Waals surface area contributed by atoms with Gasteiger partial charge in [0.25, 0.3) is 0 Å². The Bertz CT molecular complexity index is 545. The maximum Gasteiger partial charge on any atom is 0.133 e. The lowest BCUT2D eigenvalue weighted by Crippen LogP contribution is -2.06. The molecule has 0 amide bonds. The Hall–Kier alpha value is -1.07. The zero-order chi connectivity index (χ0) is 13.3. The first-order valence-electron chi connectivity index (χ1n) is 5.97. The van der Waals surface area contributed by atoms with Crippen LogP contribution in [0.4, 0.5) is 0 Å². The van der Waals surface area contributed by atoms with Crippen molar-refractivity contribution in [1.29, 1.82) is 0 Å². The van der Waals surface area contributed by atoms with Crippen LogP contribution in [0.1, 0.15) is 35.9 Å². The Balaban J connectivity index is 2.21. The molecule has 4 nitrogen and oxygen atoms in total. The molecular weight excluding hydrogens is 296 g/mol. The van der Waals surface area contributed by atoms with E-state index in [-0.39, 0.29) is 0 Å². The quantitative estimate of drug-likeness (QED) is 0.944. The standard InChI is InChI=1S/C13H17BrN2O2/c1-4-9-13(14)10(16(3)15-9)7-11(17)12-6-5-8(2)18-12/h5-6,11,17H,4,7H2,1-3H3. The van der Waals surface area contributed by atoms with Gasteiger partial charge in [-0.05, 0) is 41.4 Å². The summed E-state index contributed by atoms with van der Waals surface area (Å²) in [5.41, 5.74) is 1.99. The maximum absolute atomic E-state index is 10.2. The third-order valence-corrected chi connectivity index (χ3v) is 3.89. The molecule has 1 N–H and O–H groups in total. The van der Waals surface area contributed by atoms with Crippen LogP contribution in [-0.2, 0) is 19.9 Å². The van der Waals surface area contributed by atoms with Gasteiger partial charge in [-0.1, -0.05) is 6.92 Å². The first kappa shape index (κ1) is 13.4. The topological polar surface area (TPSA) is 51.2 Å². The molecule has 0 radical (unpaired) electrons. The molecule has 0 aliphatic carbocycles. The predicted octanol–water partition coefficient (Wildman–Crippen LogP) is 2.92. The number of aryl methyl sites for hydroxylation is 3. The van der Waals surface area contributed by atoms with Crippen molar-refractivity contribution < 1.29 is 9.52 Å². The number of aliphatic hydroxyl groups is 1. The molecule has 0 fully saturated rings. The molecule has 2 heterocycles. The van der Waals surface area contributed by atoms with Crippen LogP contribution < -0.4 is 0 Å². The Morgan fingerprint density at radius 3 is 2.72 bits per heavy atom. The molecule has 5 heteroatoms. The second kappa shape index (κ2) is 5.28. The fourth-order valence-electron chi connectivity index (χ4n) is 1.96. The fraction of sp³-hybridized carbons (Fsp3) is 0.462. The monoisotopic (exact) mass is 312 g/mol. The van der Waals surface area contributed by atoms with Crippen LogP contribution in [0.3, 0.4) is 0 Å². The molecule has 0 aliphatic heterocycles. The Morgan fingerprint density at radius 2 is 2.22 bits per heavy atom. The summed E-state index contributed by atoms with van der Waals surface area (Å²) in [6.45, 7) is 3.93. The highest BCUT2D eigenvalue weighted by Gasteiger charge is 2.19. The van der Waals surface area contributed by atoms with Crippen LogP contribution in [0.15, 0.2) is 21.0 Å². The zero-order valence-electron chi connectivity index (χ0n) is 10.8. The van der Waals surface area contributed by atoms with Crippen LogP contribution >= 0.6 is 15.9 Å². The van der Waals surface area contributed by atoms with Gasteiger partial charge in [-0.25, -0.2) is 0 Å². The number of aliphatic hydroxyl groups excluding tert-OH is 1. The van der Waals surface area contributed by atoms with E-state index in [1.165, 1.54) is 0 Å². The highest BCUT2D eigenvalue weighted by atomic mass is 79.9.